The second kappa shape index (κ2) is 12.8. The molecule has 11 nitrogen and oxygen atoms in total. The predicted octanol–water partition coefficient (Wildman–Crippen LogP) is 7.62. The Bertz CT molecular complexity index is 2350. The van der Waals surface area contributed by atoms with Crippen LogP contribution in [0.3, 0.4) is 0 Å². The van der Waals surface area contributed by atoms with Crippen molar-refractivity contribution in [2.24, 2.45) is 14.1 Å². The van der Waals surface area contributed by atoms with Gasteiger partial charge in [0.25, 0.3) is 5.91 Å². The van der Waals surface area contributed by atoms with Gasteiger partial charge in [-0.2, -0.15) is 5.10 Å². The van der Waals surface area contributed by atoms with Crippen molar-refractivity contribution in [1.82, 2.24) is 29.3 Å². The Morgan fingerprint density at radius 1 is 0.980 bits per heavy atom. The zero-order valence-electron chi connectivity index (χ0n) is 28.8. The zero-order valence-corrected chi connectivity index (χ0v) is 30.3. The van der Waals surface area contributed by atoms with E-state index in [0.717, 1.165) is 60.9 Å². The monoisotopic (exact) mass is 713 g/mol. The summed E-state index contributed by atoms with van der Waals surface area (Å²) in [5.74, 6) is -0.605. The Morgan fingerprint density at radius 3 is 2.40 bits per heavy atom. The third-order valence-corrected chi connectivity index (χ3v) is 10.7. The van der Waals surface area contributed by atoms with E-state index in [-0.39, 0.29) is 17.0 Å². The van der Waals surface area contributed by atoms with Gasteiger partial charge in [-0.25, -0.2) is 9.48 Å². The number of hydrogen-bond acceptors (Lipinski definition) is 6. The Balaban J connectivity index is 1.37. The second-order valence-corrected chi connectivity index (χ2v) is 13.8. The van der Waals surface area contributed by atoms with E-state index < -0.39 is 5.97 Å². The van der Waals surface area contributed by atoms with Crippen LogP contribution in [0.25, 0.3) is 33.1 Å². The number of rotatable bonds is 8. The topological polar surface area (TPSA) is 120 Å². The van der Waals surface area contributed by atoms with E-state index in [1.165, 1.54) is 10.7 Å². The van der Waals surface area contributed by atoms with Crippen molar-refractivity contribution in [2.45, 2.75) is 53.5 Å². The second-order valence-electron chi connectivity index (χ2n) is 13.0. The highest BCUT2D eigenvalue weighted by Gasteiger charge is 2.33. The van der Waals surface area contributed by atoms with Crippen LogP contribution >= 0.6 is 23.2 Å². The Morgan fingerprint density at radius 2 is 1.72 bits per heavy atom. The summed E-state index contributed by atoms with van der Waals surface area (Å²) in [5.41, 5.74) is 9.11. The number of nitrogens with zero attached hydrogens (tertiary/aromatic N) is 7. The summed E-state index contributed by atoms with van der Waals surface area (Å²) >= 11 is 13.4. The molecule has 1 N–H and O–H groups in total. The van der Waals surface area contributed by atoms with Crippen LogP contribution in [0, 0.1) is 27.7 Å². The molecule has 3 aromatic heterocycles. The van der Waals surface area contributed by atoms with Gasteiger partial charge in [0.05, 0.1) is 33.9 Å². The minimum absolute atomic E-state index is 0.00941. The van der Waals surface area contributed by atoms with Crippen molar-refractivity contribution in [3.8, 4) is 16.9 Å². The molecule has 0 bridgehead atoms. The quantitative estimate of drug-likeness (QED) is 0.161. The van der Waals surface area contributed by atoms with Crippen LogP contribution < -0.4 is 9.64 Å². The summed E-state index contributed by atoms with van der Waals surface area (Å²) in [7, 11) is 3.61. The fourth-order valence-corrected chi connectivity index (χ4v) is 7.67. The Kier molecular flexibility index (Phi) is 8.60. The zero-order chi connectivity index (χ0) is 35.6. The van der Waals surface area contributed by atoms with Gasteiger partial charge < -0.3 is 19.3 Å². The van der Waals surface area contributed by atoms with Crippen molar-refractivity contribution >= 4 is 62.7 Å². The number of amides is 1. The summed E-state index contributed by atoms with van der Waals surface area (Å²) in [5, 5.41) is 25.1. The van der Waals surface area contributed by atoms with Crippen LogP contribution in [-0.4, -0.2) is 59.5 Å². The number of anilines is 1. The molecule has 7 rings (SSSR count). The third-order valence-electron chi connectivity index (χ3n) is 9.74. The van der Waals surface area contributed by atoms with Gasteiger partial charge in [0.1, 0.15) is 17.0 Å². The molecule has 4 heterocycles. The van der Waals surface area contributed by atoms with Crippen LogP contribution in [0.2, 0.25) is 10.0 Å². The van der Waals surface area contributed by atoms with Gasteiger partial charge in [0.2, 0.25) is 0 Å². The highest BCUT2D eigenvalue weighted by Crippen LogP contribution is 2.43. The average molecular weight is 715 g/mol. The molecule has 0 radical (unpaired) electrons. The van der Waals surface area contributed by atoms with Crippen molar-refractivity contribution in [3.63, 3.8) is 0 Å². The number of halogens is 2. The average Bonchev–Trinajstić information content (AvgIpc) is 3.64. The third kappa shape index (κ3) is 5.49. The normalized spacial score (nSPS) is 13.4. The molecule has 0 saturated heterocycles. The predicted molar refractivity (Wildman–Crippen MR) is 195 cm³/mol. The molecule has 0 atom stereocenters. The number of aromatic nitrogens is 6. The van der Waals surface area contributed by atoms with E-state index in [0.29, 0.717) is 60.9 Å². The first-order valence-corrected chi connectivity index (χ1v) is 17.2. The largest absolute Gasteiger partial charge is 0.494 e. The molecular weight excluding hydrogens is 677 g/mol. The van der Waals surface area contributed by atoms with Crippen molar-refractivity contribution in [3.05, 3.63) is 85.8 Å². The highest BCUT2D eigenvalue weighted by molar-refractivity contribution is 6.35. The summed E-state index contributed by atoms with van der Waals surface area (Å²) in [6, 6.07) is 11.1. The smallest absolute Gasteiger partial charge is 0.338 e. The number of carboxylic acid groups (broad SMARTS) is 1. The molecule has 258 valence electrons. The van der Waals surface area contributed by atoms with Crippen molar-refractivity contribution in [2.75, 3.05) is 18.1 Å². The molecular formula is C37H37Cl2N7O4. The maximum absolute atomic E-state index is 14.9. The SMILES string of the molecule is Cc1cc(OCCCc2c3n(c4c(-c5c(C)nn(C)c5C)c(Cl)ccc24)CCCN(c2cc(C(=O)O)c4nnn(C)c4c2)C3=O)cc(C)c1Cl. The Hall–Kier alpha value is -4.87. The fraction of sp³-hybridized carbons (Fsp3) is 0.324. The Labute approximate surface area is 298 Å². The van der Waals surface area contributed by atoms with E-state index in [4.69, 9.17) is 27.9 Å². The lowest BCUT2D eigenvalue weighted by atomic mass is 9.98. The van der Waals surface area contributed by atoms with E-state index in [1.54, 1.807) is 18.0 Å². The number of carbonyl (C=O) groups is 2. The molecule has 6 aromatic rings. The van der Waals surface area contributed by atoms with Gasteiger partial charge in [-0.05, 0) is 94.0 Å². The van der Waals surface area contributed by atoms with E-state index in [1.807, 2.05) is 63.7 Å². The number of hydrogen-bond donors (Lipinski definition) is 1. The lowest BCUT2D eigenvalue weighted by Crippen LogP contribution is -2.32. The van der Waals surface area contributed by atoms with E-state index in [2.05, 4.69) is 20.0 Å². The van der Waals surface area contributed by atoms with Crippen LogP contribution in [0.4, 0.5) is 5.69 Å². The molecule has 0 unspecified atom stereocenters. The van der Waals surface area contributed by atoms with Gasteiger partial charge in [0, 0.05) is 60.1 Å². The highest BCUT2D eigenvalue weighted by atomic mass is 35.5. The van der Waals surface area contributed by atoms with Gasteiger partial charge in [-0.15, -0.1) is 5.10 Å². The first kappa shape index (κ1) is 33.6. The lowest BCUT2D eigenvalue weighted by molar-refractivity contribution is 0.0698. The molecule has 50 heavy (non-hydrogen) atoms. The summed E-state index contributed by atoms with van der Waals surface area (Å²) in [6.07, 6.45) is 1.82. The molecule has 1 aliphatic heterocycles. The number of aromatic carboxylic acids is 1. The van der Waals surface area contributed by atoms with Crippen LogP contribution in [-0.2, 0) is 27.1 Å². The fourth-order valence-electron chi connectivity index (χ4n) is 7.31. The van der Waals surface area contributed by atoms with Gasteiger partial charge in [-0.3, -0.25) is 9.48 Å². The number of fused-ring (bicyclic) bond motifs is 4. The molecule has 0 spiro atoms. The minimum atomic E-state index is -1.14. The van der Waals surface area contributed by atoms with Crippen molar-refractivity contribution < 1.29 is 19.4 Å². The number of benzene rings is 3. The van der Waals surface area contributed by atoms with Crippen LogP contribution in [0.1, 0.15) is 61.8 Å². The molecule has 0 saturated carbocycles. The van der Waals surface area contributed by atoms with Gasteiger partial charge >= 0.3 is 5.97 Å². The molecule has 13 heteroatoms. The number of carbonyl (C=O) groups excluding carboxylic acids is 1. The van der Waals surface area contributed by atoms with E-state index >= 15 is 0 Å². The molecule has 1 amide bonds. The summed E-state index contributed by atoms with van der Waals surface area (Å²) in [6.45, 7) is 9.27. The lowest BCUT2D eigenvalue weighted by Gasteiger charge is -2.22. The molecule has 0 fully saturated rings. The molecule has 3 aromatic carbocycles. The molecule has 0 aliphatic carbocycles. The summed E-state index contributed by atoms with van der Waals surface area (Å²) in [4.78, 5) is 28.9. The number of aryl methyl sites for hydroxylation is 7. The standard InChI is InChI=1S/C37H37Cl2N7O4/c1-19-15-24(16-20(2)32(19)39)50-14-7-9-25-26-10-11-28(38)31(30-21(3)41-43(5)22(30)4)34(26)46-13-8-12-45(36(47)35(25)46)23-17-27(37(48)49)33-29(18-23)44(6)42-40-33/h10-11,15-18H,7-9,12-14H2,1-6H3,(H,48,49). The number of ether oxygens (including phenoxy) is 1. The van der Waals surface area contributed by atoms with E-state index in [9.17, 15) is 14.7 Å². The first-order valence-electron chi connectivity index (χ1n) is 16.5. The first-order chi connectivity index (χ1) is 23.9. The van der Waals surface area contributed by atoms with Crippen LogP contribution in [0.15, 0.2) is 36.4 Å². The maximum Gasteiger partial charge on any atom is 0.338 e. The van der Waals surface area contributed by atoms with Crippen molar-refractivity contribution in [1.29, 1.82) is 0 Å². The minimum Gasteiger partial charge on any atom is -0.494 e. The van der Waals surface area contributed by atoms with Gasteiger partial charge in [-0.1, -0.05) is 34.5 Å². The molecule has 1 aliphatic rings. The summed E-state index contributed by atoms with van der Waals surface area (Å²) < 4.78 is 11.7. The number of carboxylic acids is 1. The van der Waals surface area contributed by atoms with Crippen LogP contribution in [0.5, 0.6) is 5.75 Å². The van der Waals surface area contributed by atoms with Gasteiger partial charge in [0.15, 0.2) is 0 Å². The maximum atomic E-state index is 14.9.